The number of hydrogen-bond acceptors (Lipinski definition) is 7. The minimum absolute atomic E-state index is 0.0887. The van der Waals surface area contributed by atoms with Gasteiger partial charge >= 0.3 is 0 Å². The summed E-state index contributed by atoms with van der Waals surface area (Å²) in [5, 5.41) is 46.5. The first-order chi connectivity index (χ1) is 10.5. The van der Waals surface area contributed by atoms with Crippen molar-refractivity contribution in [2.24, 2.45) is 0 Å². The first-order valence-electron chi connectivity index (χ1n) is 6.92. The number of hydrogen-bond donors (Lipinski definition) is 4. The minimum atomic E-state index is -0.647. The van der Waals surface area contributed by atoms with Crippen LogP contribution in [0, 0.1) is 18.3 Å². The Morgan fingerprint density at radius 2 is 1.77 bits per heavy atom. The number of nitriles is 1. The highest BCUT2D eigenvalue weighted by Crippen LogP contribution is 2.23. The maximum Gasteiger partial charge on any atom is 0.271 e. The summed E-state index contributed by atoms with van der Waals surface area (Å²) < 4.78 is 0.955. The fraction of sp³-hybridized carbons (Fsp3) is 0.571. The van der Waals surface area contributed by atoms with Gasteiger partial charge in [-0.05, 0) is 12.5 Å². The molecule has 0 amide bonds. The van der Waals surface area contributed by atoms with Crippen LogP contribution < -0.4 is 5.56 Å². The Morgan fingerprint density at radius 3 is 2.23 bits per heavy atom. The second-order valence-electron chi connectivity index (χ2n) is 4.82. The van der Waals surface area contributed by atoms with E-state index >= 15 is 0 Å². The summed E-state index contributed by atoms with van der Waals surface area (Å²) in [6.45, 7) is 1.57. The van der Waals surface area contributed by atoms with Crippen molar-refractivity contribution < 1.29 is 20.4 Å². The van der Waals surface area contributed by atoms with E-state index in [0.29, 0.717) is 11.1 Å². The Labute approximate surface area is 128 Å². The van der Waals surface area contributed by atoms with Crippen LogP contribution in [0.3, 0.4) is 0 Å². The van der Waals surface area contributed by atoms with Crippen LogP contribution in [0.1, 0.15) is 16.7 Å². The Balaban J connectivity index is 3.37. The molecule has 122 valence electrons. The molecule has 1 rings (SSSR count). The van der Waals surface area contributed by atoms with Gasteiger partial charge in [-0.1, -0.05) is 0 Å². The van der Waals surface area contributed by atoms with Crippen molar-refractivity contribution in [2.45, 2.75) is 20.0 Å². The lowest BCUT2D eigenvalue weighted by atomic mass is 10.0. The molecule has 0 atom stereocenters. The lowest BCUT2D eigenvalue weighted by Crippen LogP contribution is -2.32. The summed E-state index contributed by atoms with van der Waals surface area (Å²) >= 11 is 0. The standard InChI is InChI=1S/C14H21N3O5/c1-10-11(8-15)13(21)17(4-7-20)14(22)12(10)9-16(2-5-18)3-6-19/h18-20,22H,2-7,9H2,1H3. The van der Waals surface area contributed by atoms with Crippen LogP contribution in [-0.2, 0) is 13.1 Å². The van der Waals surface area contributed by atoms with Crippen LogP contribution in [0.2, 0.25) is 0 Å². The molecule has 0 fully saturated rings. The SMILES string of the molecule is Cc1c(CN(CCO)CCO)c(O)n(CCO)c(=O)c1C#N. The predicted molar refractivity (Wildman–Crippen MR) is 78.4 cm³/mol. The van der Waals surface area contributed by atoms with Crippen molar-refractivity contribution in [3.63, 3.8) is 0 Å². The van der Waals surface area contributed by atoms with Gasteiger partial charge in [-0.15, -0.1) is 0 Å². The molecule has 22 heavy (non-hydrogen) atoms. The predicted octanol–water partition coefficient (Wildman–Crippen LogP) is -1.49. The van der Waals surface area contributed by atoms with E-state index in [1.165, 1.54) is 0 Å². The van der Waals surface area contributed by atoms with Crippen LogP contribution in [0.15, 0.2) is 4.79 Å². The van der Waals surface area contributed by atoms with Crippen LogP contribution in [0.25, 0.3) is 0 Å². The largest absolute Gasteiger partial charge is 0.494 e. The minimum Gasteiger partial charge on any atom is -0.494 e. The van der Waals surface area contributed by atoms with Gasteiger partial charge in [0, 0.05) is 25.2 Å². The molecule has 4 N–H and O–H groups in total. The van der Waals surface area contributed by atoms with Crippen molar-refractivity contribution in [1.82, 2.24) is 9.47 Å². The zero-order valence-corrected chi connectivity index (χ0v) is 12.5. The number of pyridine rings is 1. The van der Waals surface area contributed by atoms with Gasteiger partial charge < -0.3 is 20.4 Å². The summed E-state index contributed by atoms with van der Waals surface area (Å²) in [4.78, 5) is 13.8. The number of aromatic hydroxyl groups is 1. The van der Waals surface area contributed by atoms with E-state index in [1.54, 1.807) is 11.8 Å². The summed E-state index contributed by atoms with van der Waals surface area (Å²) in [7, 11) is 0. The molecule has 1 aromatic rings. The van der Waals surface area contributed by atoms with Gasteiger partial charge in [0.15, 0.2) is 5.88 Å². The van der Waals surface area contributed by atoms with E-state index in [1.807, 2.05) is 6.07 Å². The Hall–Kier alpha value is -1.92. The van der Waals surface area contributed by atoms with Crippen molar-refractivity contribution in [3.8, 4) is 11.9 Å². The van der Waals surface area contributed by atoms with E-state index in [0.717, 1.165) is 4.57 Å². The average Bonchev–Trinajstić information content (AvgIpc) is 2.49. The third-order valence-electron chi connectivity index (χ3n) is 3.46. The molecule has 0 spiro atoms. The smallest absolute Gasteiger partial charge is 0.271 e. The van der Waals surface area contributed by atoms with E-state index in [-0.39, 0.29) is 57.4 Å². The molecule has 1 heterocycles. The highest BCUT2D eigenvalue weighted by molar-refractivity contribution is 5.45. The molecule has 1 aromatic heterocycles. The first kappa shape index (κ1) is 18.1. The highest BCUT2D eigenvalue weighted by Gasteiger charge is 2.20. The number of aliphatic hydroxyl groups is 3. The second kappa shape index (κ2) is 8.51. The fourth-order valence-corrected chi connectivity index (χ4v) is 2.28. The highest BCUT2D eigenvalue weighted by atomic mass is 16.3. The maximum atomic E-state index is 12.1. The van der Waals surface area contributed by atoms with E-state index in [2.05, 4.69) is 0 Å². The van der Waals surface area contributed by atoms with Crippen LogP contribution in [0.4, 0.5) is 0 Å². The van der Waals surface area contributed by atoms with Gasteiger partial charge in [-0.2, -0.15) is 5.26 Å². The van der Waals surface area contributed by atoms with Crippen molar-refractivity contribution in [2.75, 3.05) is 32.9 Å². The number of aromatic nitrogens is 1. The Kier molecular flexibility index (Phi) is 7.01. The van der Waals surface area contributed by atoms with Gasteiger partial charge in [-0.3, -0.25) is 14.3 Å². The van der Waals surface area contributed by atoms with Gasteiger partial charge in [0.1, 0.15) is 11.6 Å². The van der Waals surface area contributed by atoms with E-state index in [4.69, 9.17) is 20.6 Å². The molecule has 0 saturated heterocycles. The Bertz CT molecular complexity index is 600. The van der Waals surface area contributed by atoms with Gasteiger partial charge in [0.25, 0.3) is 5.56 Å². The fourth-order valence-electron chi connectivity index (χ4n) is 2.28. The summed E-state index contributed by atoms with van der Waals surface area (Å²) in [6.07, 6.45) is 0. The normalized spacial score (nSPS) is 10.9. The van der Waals surface area contributed by atoms with Gasteiger partial charge in [0.2, 0.25) is 0 Å². The lowest BCUT2D eigenvalue weighted by molar-refractivity contribution is 0.154. The molecule has 0 aliphatic rings. The molecule has 0 saturated carbocycles. The third-order valence-corrected chi connectivity index (χ3v) is 3.46. The number of aliphatic hydroxyl groups excluding tert-OH is 3. The Morgan fingerprint density at radius 1 is 1.18 bits per heavy atom. The van der Waals surface area contributed by atoms with E-state index < -0.39 is 5.56 Å². The van der Waals surface area contributed by atoms with E-state index in [9.17, 15) is 9.90 Å². The molecule has 0 aliphatic heterocycles. The average molecular weight is 311 g/mol. The quantitative estimate of drug-likeness (QED) is 0.460. The second-order valence-corrected chi connectivity index (χ2v) is 4.82. The molecular formula is C14H21N3O5. The van der Waals surface area contributed by atoms with Crippen molar-refractivity contribution in [1.29, 1.82) is 5.26 Å². The van der Waals surface area contributed by atoms with Crippen LogP contribution >= 0.6 is 0 Å². The molecule has 0 bridgehead atoms. The molecule has 0 aliphatic carbocycles. The molecule has 0 aromatic carbocycles. The molecule has 8 heteroatoms. The van der Waals surface area contributed by atoms with Crippen LogP contribution in [-0.4, -0.2) is 62.8 Å². The lowest BCUT2D eigenvalue weighted by Gasteiger charge is -2.23. The summed E-state index contributed by atoms with van der Waals surface area (Å²) in [6, 6.07) is 1.82. The molecule has 0 radical (unpaired) electrons. The molecule has 0 unspecified atom stereocenters. The van der Waals surface area contributed by atoms with Gasteiger partial charge in [0.05, 0.1) is 26.4 Å². The summed E-state index contributed by atoms with van der Waals surface area (Å²) in [5.74, 6) is -0.309. The summed E-state index contributed by atoms with van der Waals surface area (Å²) in [5.41, 5.74) is -0.00747. The monoisotopic (exact) mass is 311 g/mol. The van der Waals surface area contributed by atoms with Crippen molar-refractivity contribution >= 4 is 0 Å². The molecule has 8 nitrogen and oxygen atoms in total. The van der Waals surface area contributed by atoms with Gasteiger partial charge in [-0.25, -0.2) is 0 Å². The topological polar surface area (TPSA) is 130 Å². The number of rotatable bonds is 8. The van der Waals surface area contributed by atoms with Crippen molar-refractivity contribution in [3.05, 3.63) is 27.0 Å². The first-order valence-corrected chi connectivity index (χ1v) is 6.92. The maximum absolute atomic E-state index is 12.1. The van der Waals surface area contributed by atoms with Crippen LogP contribution in [0.5, 0.6) is 5.88 Å². The molecular weight excluding hydrogens is 290 g/mol. The number of nitrogens with zero attached hydrogens (tertiary/aromatic N) is 3. The third kappa shape index (κ3) is 3.84. The zero-order valence-electron chi connectivity index (χ0n) is 12.5. The zero-order chi connectivity index (χ0) is 16.7.